The van der Waals surface area contributed by atoms with Gasteiger partial charge in [0.1, 0.15) is 6.61 Å². The molecule has 11 heteroatoms. The number of fused-ring (bicyclic) bond motifs is 4. The fourth-order valence-corrected chi connectivity index (χ4v) is 7.73. The van der Waals surface area contributed by atoms with Gasteiger partial charge in [0.15, 0.2) is 0 Å². The zero-order valence-corrected chi connectivity index (χ0v) is 28.6. The Kier molecular flexibility index (Phi) is 9.45. The first-order chi connectivity index (χ1) is 21.6. The molecular weight excluding hydrogens is 602 g/mol. The van der Waals surface area contributed by atoms with Crippen molar-refractivity contribution in [1.82, 2.24) is 19.8 Å². The molecule has 1 saturated carbocycles. The second-order valence-electron chi connectivity index (χ2n) is 14.0. The summed E-state index contributed by atoms with van der Waals surface area (Å²) in [6.07, 6.45) is 3.28. The molecule has 246 valence electrons. The minimum atomic E-state index is -4.15. The maximum Gasteiger partial charge on any atom is 0.264 e. The highest BCUT2D eigenvalue weighted by atomic mass is 32.2. The fraction of sp³-hybridized carbons (Fsp3) is 0.486. The third kappa shape index (κ3) is 7.35. The number of hydrogen-bond donors (Lipinski definition) is 1. The monoisotopic (exact) mass is 647 g/mol. The molecule has 3 aromatic rings. The van der Waals surface area contributed by atoms with Gasteiger partial charge in [-0.05, 0) is 80.7 Å². The van der Waals surface area contributed by atoms with Gasteiger partial charge in [-0.3, -0.25) is 9.59 Å². The summed E-state index contributed by atoms with van der Waals surface area (Å²) in [5.41, 5.74) is 3.48. The number of nitrogens with one attached hydrogen (secondary N) is 1. The molecule has 2 heterocycles. The molecule has 0 saturated heterocycles. The van der Waals surface area contributed by atoms with E-state index in [1.54, 1.807) is 37.2 Å². The van der Waals surface area contributed by atoms with Gasteiger partial charge in [0, 0.05) is 43.2 Å². The SMILES string of the molecule is Cc1cccc(C)c1-c1cc2nc(n1)NS(=O)(=O)c1cccc(c1)C(=O)N(C1CCC(C(=O)N(C)C)CC1)[C@H](CC(C)(C)C)CO2. The Morgan fingerprint density at radius 2 is 1.65 bits per heavy atom. The van der Waals surface area contributed by atoms with Crippen LogP contribution in [0.2, 0.25) is 0 Å². The highest BCUT2D eigenvalue weighted by molar-refractivity contribution is 7.92. The Balaban J connectivity index is 1.63. The summed E-state index contributed by atoms with van der Waals surface area (Å²) in [7, 11) is -0.611. The van der Waals surface area contributed by atoms with Crippen LogP contribution in [0.1, 0.15) is 74.4 Å². The summed E-state index contributed by atoms with van der Waals surface area (Å²) in [6, 6.07) is 13.3. The van der Waals surface area contributed by atoms with Gasteiger partial charge in [-0.2, -0.15) is 4.98 Å². The predicted molar refractivity (Wildman–Crippen MR) is 178 cm³/mol. The molecule has 1 aliphatic heterocycles. The van der Waals surface area contributed by atoms with E-state index in [-0.39, 0.29) is 64.1 Å². The van der Waals surface area contributed by atoms with Crippen molar-refractivity contribution in [1.29, 1.82) is 0 Å². The standard InChI is InChI=1S/C35H45N5O5S/c1-22-10-8-11-23(2)31(22)29-19-30-37-34(36-29)38-46(43,44)28-13-9-12-25(18-28)33(42)40(27(21-45-30)20-35(3,4)5)26-16-14-24(15-17-26)32(41)39(6)7/h8-13,18-19,24,26-27H,14-17,20-21H2,1-7H3,(H,36,37,38)/t24?,26?,27-/m1/s1. The summed E-state index contributed by atoms with van der Waals surface area (Å²) >= 11 is 0. The molecule has 1 atom stereocenters. The molecule has 4 bridgehead atoms. The number of carbonyl (C=O) groups is 2. The Bertz CT molecular complexity index is 1710. The topological polar surface area (TPSA) is 122 Å². The molecule has 2 aliphatic rings. The Morgan fingerprint density at radius 1 is 1.00 bits per heavy atom. The van der Waals surface area contributed by atoms with Gasteiger partial charge < -0.3 is 14.5 Å². The summed E-state index contributed by atoms with van der Waals surface area (Å²) in [5.74, 6) is -0.140. The lowest BCUT2D eigenvalue weighted by Crippen LogP contribution is -2.52. The van der Waals surface area contributed by atoms with Gasteiger partial charge in [-0.15, -0.1) is 0 Å². The highest BCUT2D eigenvalue weighted by Gasteiger charge is 2.38. The van der Waals surface area contributed by atoms with Crippen LogP contribution in [0.3, 0.4) is 0 Å². The number of carbonyl (C=O) groups excluding carboxylic acids is 2. The molecule has 1 fully saturated rings. The average Bonchev–Trinajstić information content (AvgIpc) is 2.98. The molecule has 0 spiro atoms. The maximum atomic E-state index is 14.5. The molecule has 5 rings (SSSR count). The highest BCUT2D eigenvalue weighted by Crippen LogP contribution is 2.35. The number of anilines is 1. The quantitative estimate of drug-likeness (QED) is 0.377. The fourth-order valence-electron chi connectivity index (χ4n) is 6.74. The summed E-state index contributed by atoms with van der Waals surface area (Å²) in [4.78, 5) is 39.8. The lowest BCUT2D eigenvalue weighted by molar-refractivity contribution is -0.134. The maximum absolute atomic E-state index is 14.5. The molecule has 1 aromatic heterocycles. The van der Waals surface area contributed by atoms with E-state index < -0.39 is 10.0 Å². The molecule has 46 heavy (non-hydrogen) atoms. The van der Waals surface area contributed by atoms with E-state index in [0.717, 1.165) is 16.7 Å². The second-order valence-corrected chi connectivity index (χ2v) is 15.7. The van der Waals surface area contributed by atoms with Gasteiger partial charge in [-0.25, -0.2) is 18.1 Å². The zero-order chi connectivity index (χ0) is 33.4. The number of sulfonamides is 1. The molecular formula is C35H45N5O5S. The van der Waals surface area contributed by atoms with Gasteiger partial charge in [0.05, 0.1) is 16.6 Å². The van der Waals surface area contributed by atoms with Crippen molar-refractivity contribution >= 4 is 27.8 Å². The molecule has 10 nitrogen and oxygen atoms in total. The van der Waals surface area contributed by atoms with E-state index in [9.17, 15) is 18.0 Å². The van der Waals surface area contributed by atoms with Crippen LogP contribution >= 0.6 is 0 Å². The Labute approximate surface area is 272 Å². The summed E-state index contributed by atoms with van der Waals surface area (Å²) in [6.45, 7) is 10.5. The van der Waals surface area contributed by atoms with Crippen LogP contribution in [0, 0.1) is 25.2 Å². The summed E-state index contributed by atoms with van der Waals surface area (Å²) in [5, 5.41) is 0. The molecule has 1 N–H and O–H groups in total. The van der Waals surface area contributed by atoms with Crippen molar-refractivity contribution in [3.8, 4) is 17.1 Å². The van der Waals surface area contributed by atoms with Crippen LogP contribution in [0.25, 0.3) is 11.3 Å². The number of amides is 2. The van der Waals surface area contributed by atoms with E-state index in [4.69, 9.17) is 4.74 Å². The van der Waals surface area contributed by atoms with Crippen LogP contribution in [0.4, 0.5) is 5.95 Å². The van der Waals surface area contributed by atoms with Crippen LogP contribution < -0.4 is 9.46 Å². The van der Waals surface area contributed by atoms with Crippen molar-refractivity contribution in [3.63, 3.8) is 0 Å². The predicted octanol–water partition coefficient (Wildman–Crippen LogP) is 5.85. The van der Waals surface area contributed by atoms with Gasteiger partial charge in [0.2, 0.25) is 17.7 Å². The first-order valence-electron chi connectivity index (χ1n) is 15.9. The number of benzene rings is 2. The van der Waals surface area contributed by atoms with Crippen LogP contribution in [0.15, 0.2) is 53.4 Å². The van der Waals surface area contributed by atoms with Crippen LogP contribution in [0.5, 0.6) is 5.88 Å². The lowest BCUT2D eigenvalue weighted by Gasteiger charge is -2.43. The van der Waals surface area contributed by atoms with Crippen molar-refractivity contribution in [2.75, 3.05) is 25.4 Å². The van der Waals surface area contributed by atoms with E-state index in [1.807, 2.05) is 36.9 Å². The Morgan fingerprint density at radius 3 is 2.28 bits per heavy atom. The minimum Gasteiger partial charge on any atom is -0.475 e. The third-order valence-electron chi connectivity index (χ3n) is 8.84. The lowest BCUT2D eigenvalue weighted by atomic mass is 9.82. The first kappa shape index (κ1) is 33.4. The molecule has 0 unspecified atom stereocenters. The largest absolute Gasteiger partial charge is 0.475 e. The molecule has 1 aliphatic carbocycles. The van der Waals surface area contributed by atoms with E-state index in [2.05, 4.69) is 35.5 Å². The van der Waals surface area contributed by atoms with E-state index in [0.29, 0.717) is 37.8 Å². The number of hydrogen-bond acceptors (Lipinski definition) is 7. The van der Waals surface area contributed by atoms with E-state index >= 15 is 0 Å². The molecule has 0 radical (unpaired) electrons. The number of aryl methyl sites for hydroxylation is 2. The molecule has 2 amide bonds. The number of aromatic nitrogens is 2. The third-order valence-corrected chi connectivity index (χ3v) is 10.2. The Hall–Kier alpha value is -3.99. The summed E-state index contributed by atoms with van der Waals surface area (Å²) < 4.78 is 36.3. The van der Waals surface area contributed by atoms with Gasteiger partial charge in [-0.1, -0.05) is 45.0 Å². The van der Waals surface area contributed by atoms with E-state index in [1.165, 1.54) is 12.1 Å². The number of nitrogens with zero attached hydrogens (tertiary/aromatic N) is 4. The number of rotatable bonds is 4. The van der Waals surface area contributed by atoms with Crippen molar-refractivity contribution in [3.05, 3.63) is 65.2 Å². The zero-order valence-electron chi connectivity index (χ0n) is 27.8. The van der Waals surface area contributed by atoms with Crippen molar-refractivity contribution in [2.24, 2.45) is 11.3 Å². The smallest absolute Gasteiger partial charge is 0.264 e. The second kappa shape index (κ2) is 13.0. The normalized spacial score (nSPS) is 21.6. The number of ether oxygens (including phenoxy) is 1. The van der Waals surface area contributed by atoms with Gasteiger partial charge >= 0.3 is 0 Å². The van der Waals surface area contributed by atoms with Crippen LogP contribution in [-0.2, 0) is 14.8 Å². The molecule has 2 aromatic carbocycles. The van der Waals surface area contributed by atoms with Gasteiger partial charge in [0.25, 0.3) is 15.9 Å². The van der Waals surface area contributed by atoms with Crippen molar-refractivity contribution in [2.45, 2.75) is 83.7 Å². The van der Waals surface area contributed by atoms with Crippen LogP contribution in [-0.4, -0.2) is 72.8 Å². The van der Waals surface area contributed by atoms with Crippen molar-refractivity contribution < 1.29 is 22.7 Å². The average molecular weight is 648 g/mol. The minimum absolute atomic E-state index is 0.0613. The first-order valence-corrected chi connectivity index (χ1v) is 17.4.